The quantitative estimate of drug-likeness (QED) is 0.520. The van der Waals surface area contributed by atoms with E-state index in [4.69, 9.17) is 0 Å². The first kappa shape index (κ1) is 19.8. The maximum atomic E-state index is 13.3. The SMILES string of the molecule is Cc1c(C(=O)C2C=c3c(ccc4c3=CCc3ccccc3-4)CC2)cccc1C(F)(F)F. The summed E-state index contributed by atoms with van der Waals surface area (Å²) in [4.78, 5) is 13.3. The van der Waals surface area contributed by atoms with E-state index in [1.807, 2.05) is 18.2 Å². The first-order valence-electron chi connectivity index (χ1n) is 10.5. The fourth-order valence-electron chi connectivity index (χ4n) is 4.94. The first-order chi connectivity index (χ1) is 14.8. The van der Waals surface area contributed by atoms with Crippen LogP contribution in [0.15, 0.2) is 54.6 Å². The van der Waals surface area contributed by atoms with E-state index in [0.29, 0.717) is 6.42 Å². The molecule has 0 saturated heterocycles. The lowest BCUT2D eigenvalue weighted by atomic mass is 9.81. The molecule has 2 aliphatic carbocycles. The Kier molecular flexibility index (Phi) is 4.62. The summed E-state index contributed by atoms with van der Waals surface area (Å²) in [6.07, 6.45) is 1.89. The number of ketones is 1. The summed E-state index contributed by atoms with van der Waals surface area (Å²) < 4.78 is 40.0. The zero-order valence-corrected chi connectivity index (χ0v) is 17.1. The maximum absolute atomic E-state index is 13.3. The van der Waals surface area contributed by atoms with E-state index < -0.39 is 17.7 Å². The first-order valence-corrected chi connectivity index (χ1v) is 10.5. The van der Waals surface area contributed by atoms with Crippen molar-refractivity contribution in [2.45, 2.75) is 32.4 Å². The number of hydrogen-bond acceptors (Lipinski definition) is 1. The van der Waals surface area contributed by atoms with Crippen LogP contribution in [0.2, 0.25) is 0 Å². The van der Waals surface area contributed by atoms with Gasteiger partial charge in [-0.1, -0.05) is 60.7 Å². The van der Waals surface area contributed by atoms with Crippen LogP contribution in [0.5, 0.6) is 0 Å². The van der Waals surface area contributed by atoms with Gasteiger partial charge in [-0.3, -0.25) is 4.79 Å². The van der Waals surface area contributed by atoms with Crippen LogP contribution in [-0.2, 0) is 19.0 Å². The number of carbonyl (C=O) groups is 1. The minimum Gasteiger partial charge on any atom is -0.294 e. The molecule has 0 aliphatic heterocycles. The van der Waals surface area contributed by atoms with Gasteiger partial charge in [-0.05, 0) is 70.5 Å². The van der Waals surface area contributed by atoms with Crippen LogP contribution in [0.4, 0.5) is 13.2 Å². The molecular weight excluding hydrogens is 397 g/mol. The van der Waals surface area contributed by atoms with Crippen LogP contribution >= 0.6 is 0 Å². The molecule has 0 N–H and O–H groups in total. The topological polar surface area (TPSA) is 17.1 Å². The van der Waals surface area contributed by atoms with E-state index in [0.717, 1.165) is 34.9 Å². The fourth-order valence-corrected chi connectivity index (χ4v) is 4.94. The second kappa shape index (κ2) is 7.23. The highest BCUT2D eigenvalue weighted by atomic mass is 19.4. The molecule has 4 heteroatoms. The van der Waals surface area contributed by atoms with E-state index in [-0.39, 0.29) is 16.9 Å². The summed E-state index contributed by atoms with van der Waals surface area (Å²) in [7, 11) is 0. The Morgan fingerprint density at radius 3 is 2.52 bits per heavy atom. The van der Waals surface area contributed by atoms with Crippen molar-refractivity contribution < 1.29 is 18.0 Å². The molecule has 0 bridgehead atoms. The van der Waals surface area contributed by atoms with E-state index in [2.05, 4.69) is 30.3 Å². The molecule has 31 heavy (non-hydrogen) atoms. The summed E-state index contributed by atoms with van der Waals surface area (Å²) >= 11 is 0. The molecule has 2 aliphatic rings. The molecule has 0 fully saturated rings. The third-order valence-electron chi connectivity index (χ3n) is 6.55. The minimum atomic E-state index is -4.47. The predicted octanol–water partition coefficient (Wildman–Crippen LogP) is 5.24. The largest absolute Gasteiger partial charge is 0.416 e. The number of alkyl halides is 3. The van der Waals surface area contributed by atoms with Crippen molar-refractivity contribution in [3.8, 4) is 11.1 Å². The molecule has 0 amide bonds. The van der Waals surface area contributed by atoms with Crippen molar-refractivity contribution in [3.05, 3.63) is 92.9 Å². The lowest BCUT2D eigenvalue weighted by Crippen LogP contribution is -2.37. The standard InChI is InChI=1S/C27H21F3O/c1-16-20(7-4-8-25(16)27(28,29)30)26(31)19-10-9-18-12-13-22-21-6-3-2-5-17(21)11-14-23(22)24(18)15-19/h2-8,12-15,19H,9-11H2,1H3. The zero-order chi connectivity index (χ0) is 21.8. The Hall–Kier alpha value is -3.14. The van der Waals surface area contributed by atoms with E-state index >= 15 is 0 Å². The Morgan fingerprint density at radius 1 is 0.903 bits per heavy atom. The number of Topliss-reactive ketones (excluding diaryl/α,β-unsaturated/α-hetero) is 1. The molecule has 3 aromatic carbocycles. The van der Waals surface area contributed by atoms with Crippen LogP contribution < -0.4 is 10.4 Å². The van der Waals surface area contributed by atoms with Crippen LogP contribution in [0.3, 0.4) is 0 Å². The Morgan fingerprint density at radius 2 is 1.71 bits per heavy atom. The van der Waals surface area contributed by atoms with Crippen LogP contribution in [-0.4, -0.2) is 5.78 Å². The van der Waals surface area contributed by atoms with Gasteiger partial charge in [0.2, 0.25) is 0 Å². The lowest BCUT2D eigenvalue weighted by molar-refractivity contribution is -0.138. The second-order valence-electron chi connectivity index (χ2n) is 8.32. The van der Waals surface area contributed by atoms with Gasteiger partial charge < -0.3 is 0 Å². The van der Waals surface area contributed by atoms with E-state index in [9.17, 15) is 18.0 Å². The number of halogens is 3. The Labute approximate surface area is 178 Å². The summed E-state index contributed by atoms with van der Waals surface area (Å²) in [5, 5.41) is 2.19. The molecule has 1 nitrogen and oxygen atoms in total. The summed E-state index contributed by atoms with van der Waals surface area (Å²) in [5.41, 5.74) is 4.26. The van der Waals surface area contributed by atoms with Crippen molar-refractivity contribution in [2.24, 2.45) is 5.92 Å². The fraction of sp³-hybridized carbons (Fsp3) is 0.222. The van der Waals surface area contributed by atoms with E-state index in [1.165, 1.54) is 35.7 Å². The molecule has 0 saturated carbocycles. The van der Waals surface area contributed by atoms with Gasteiger partial charge in [0.05, 0.1) is 5.56 Å². The molecular formula is C27H21F3O. The summed E-state index contributed by atoms with van der Waals surface area (Å²) in [5.74, 6) is -0.658. The zero-order valence-electron chi connectivity index (χ0n) is 17.1. The number of aryl methyl sites for hydroxylation is 1. The highest BCUT2D eigenvalue weighted by Gasteiger charge is 2.34. The van der Waals surface area contributed by atoms with Gasteiger partial charge in [0, 0.05) is 11.5 Å². The van der Waals surface area contributed by atoms with Crippen LogP contribution in [0.25, 0.3) is 23.3 Å². The molecule has 156 valence electrons. The van der Waals surface area contributed by atoms with Gasteiger partial charge in [0.25, 0.3) is 0 Å². The van der Waals surface area contributed by atoms with Crippen LogP contribution in [0, 0.1) is 12.8 Å². The number of benzene rings is 3. The van der Waals surface area contributed by atoms with Crippen LogP contribution in [0.1, 0.15) is 39.0 Å². The Bertz CT molecular complexity index is 1330. The summed E-state index contributed by atoms with van der Waals surface area (Å²) in [6.45, 7) is 1.39. The molecule has 0 aromatic heterocycles. The molecule has 0 heterocycles. The van der Waals surface area contributed by atoms with Gasteiger partial charge >= 0.3 is 6.18 Å². The average Bonchev–Trinajstić information content (AvgIpc) is 2.77. The molecule has 5 rings (SSSR count). The van der Waals surface area contributed by atoms with Crippen molar-refractivity contribution in [3.63, 3.8) is 0 Å². The molecule has 0 spiro atoms. The normalized spacial score (nSPS) is 17.0. The molecule has 1 atom stereocenters. The number of fused-ring (bicyclic) bond motifs is 5. The predicted molar refractivity (Wildman–Crippen MR) is 116 cm³/mol. The summed E-state index contributed by atoms with van der Waals surface area (Å²) in [6, 6.07) is 16.5. The smallest absolute Gasteiger partial charge is 0.294 e. The highest BCUT2D eigenvalue weighted by molar-refractivity contribution is 6.02. The molecule has 0 radical (unpaired) electrons. The lowest BCUT2D eigenvalue weighted by Gasteiger charge is -2.22. The molecule has 1 unspecified atom stereocenters. The third-order valence-corrected chi connectivity index (χ3v) is 6.55. The van der Waals surface area contributed by atoms with Gasteiger partial charge in [-0.15, -0.1) is 0 Å². The van der Waals surface area contributed by atoms with Crippen molar-refractivity contribution in [1.29, 1.82) is 0 Å². The van der Waals surface area contributed by atoms with Crippen molar-refractivity contribution in [1.82, 2.24) is 0 Å². The van der Waals surface area contributed by atoms with Crippen molar-refractivity contribution in [2.75, 3.05) is 0 Å². The average molecular weight is 418 g/mol. The highest BCUT2D eigenvalue weighted by Crippen LogP contribution is 2.34. The Balaban J connectivity index is 1.61. The minimum absolute atomic E-state index is 0.00905. The second-order valence-corrected chi connectivity index (χ2v) is 8.32. The van der Waals surface area contributed by atoms with Gasteiger partial charge in [-0.2, -0.15) is 13.2 Å². The third kappa shape index (κ3) is 3.31. The van der Waals surface area contributed by atoms with Gasteiger partial charge in [-0.25, -0.2) is 0 Å². The van der Waals surface area contributed by atoms with E-state index in [1.54, 1.807) is 0 Å². The monoisotopic (exact) mass is 418 g/mol. The number of rotatable bonds is 2. The number of carbonyl (C=O) groups excluding carboxylic acids is 1. The van der Waals surface area contributed by atoms with Gasteiger partial charge in [0.15, 0.2) is 5.78 Å². The number of hydrogen-bond donors (Lipinski definition) is 0. The maximum Gasteiger partial charge on any atom is 0.416 e. The van der Waals surface area contributed by atoms with Gasteiger partial charge in [0.1, 0.15) is 0 Å². The molecule has 3 aromatic rings. The van der Waals surface area contributed by atoms with Crippen molar-refractivity contribution >= 4 is 17.9 Å².